The molecule has 1 heterocycles. The van der Waals surface area contributed by atoms with E-state index in [1.807, 2.05) is 0 Å². The minimum absolute atomic E-state index is 0.248. The molecule has 0 saturated heterocycles. The van der Waals surface area contributed by atoms with Crippen LogP contribution in [0.5, 0.6) is 0 Å². The third-order valence-electron chi connectivity index (χ3n) is 1.78. The highest BCUT2D eigenvalue weighted by Gasteiger charge is 2.18. The molecule has 0 aliphatic rings. The van der Waals surface area contributed by atoms with Crippen molar-refractivity contribution < 1.29 is 19.0 Å². The first-order chi connectivity index (χ1) is 7.99. The molecule has 0 aromatic carbocycles. The molecule has 0 spiro atoms. The molecule has 17 heavy (non-hydrogen) atoms. The topological polar surface area (TPSA) is 107 Å². The van der Waals surface area contributed by atoms with Gasteiger partial charge in [-0.2, -0.15) is 4.98 Å². The number of anilines is 1. The lowest BCUT2D eigenvalue weighted by atomic mass is 10.5. The third-order valence-corrected chi connectivity index (χ3v) is 2.06. The molecule has 1 aromatic rings. The van der Waals surface area contributed by atoms with Crippen molar-refractivity contribution in [1.29, 1.82) is 0 Å². The van der Waals surface area contributed by atoms with Crippen molar-refractivity contribution in [2.75, 3.05) is 12.3 Å². The van der Waals surface area contributed by atoms with Crippen LogP contribution in [0.2, 0.25) is 0 Å². The molecule has 0 radical (unpaired) electrons. The number of carbonyl (C=O) groups is 1. The summed E-state index contributed by atoms with van der Waals surface area (Å²) in [6.45, 7) is -0.479. The van der Waals surface area contributed by atoms with Crippen molar-refractivity contribution in [3.63, 3.8) is 0 Å². The van der Waals surface area contributed by atoms with E-state index in [4.69, 9.17) is 15.6 Å². The molecule has 0 unspecified atom stereocenters. The Kier molecular flexibility index (Phi) is 4.61. The van der Waals surface area contributed by atoms with Crippen molar-refractivity contribution in [2.24, 2.45) is 0 Å². The molecule has 0 aliphatic carbocycles. The smallest absolute Gasteiger partial charge is 0.352 e. The number of aromatic nitrogens is 2. The van der Waals surface area contributed by atoms with Crippen LogP contribution < -0.4 is 11.4 Å². The van der Waals surface area contributed by atoms with Crippen LogP contribution in [-0.4, -0.2) is 33.0 Å². The number of ether oxygens (including phenoxy) is 1. The highest BCUT2D eigenvalue weighted by molar-refractivity contribution is 7.80. The van der Waals surface area contributed by atoms with Gasteiger partial charge in [0.25, 0.3) is 0 Å². The van der Waals surface area contributed by atoms with E-state index in [0.717, 1.165) is 0 Å². The minimum atomic E-state index is -1.43. The van der Waals surface area contributed by atoms with E-state index in [1.54, 1.807) is 0 Å². The van der Waals surface area contributed by atoms with E-state index >= 15 is 0 Å². The Morgan fingerprint density at radius 1 is 1.76 bits per heavy atom. The van der Waals surface area contributed by atoms with Gasteiger partial charge in [-0.1, -0.05) is 0 Å². The zero-order valence-corrected chi connectivity index (χ0v) is 9.38. The summed E-state index contributed by atoms with van der Waals surface area (Å²) in [6, 6.07) is 0. The average Bonchev–Trinajstić information content (AvgIpc) is 2.30. The van der Waals surface area contributed by atoms with Gasteiger partial charge in [-0.25, -0.2) is 9.18 Å². The van der Waals surface area contributed by atoms with E-state index in [1.165, 1.54) is 0 Å². The number of aliphatic hydroxyl groups is 1. The van der Waals surface area contributed by atoms with Crippen LogP contribution in [0.3, 0.4) is 0 Å². The van der Waals surface area contributed by atoms with Crippen molar-refractivity contribution in [2.45, 2.75) is 11.7 Å². The number of nitrogen functional groups attached to an aromatic ring is 1. The molecule has 3 N–H and O–H groups in total. The zero-order valence-electron chi connectivity index (χ0n) is 8.49. The summed E-state index contributed by atoms with van der Waals surface area (Å²) >= 11 is 3.77. The van der Waals surface area contributed by atoms with Gasteiger partial charge in [-0.05, 0) is 0 Å². The average molecular weight is 263 g/mol. The van der Waals surface area contributed by atoms with Gasteiger partial charge in [-0.15, -0.1) is 12.6 Å². The Bertz CT molecular complexity index is 467. The van der Waals surface area contributed by atoms with E-state index in [9.17, 15) is 14.0 Å². The van der Waals surface area contributed by atoms with Crippen LogP contribution in [0.1, 0.15) is 6.23 Å². The number of nitrogens with two attached hydrogens (primary N) is 1. The van der Waals surface area contributed by atoms with Crippen molar-refractivity contribution in [3.05, 3.63) is 22.5 Å². The Morgan fingerprint density at radius 3 is 2.94 bits per heavy atom. The van der Waals surface area contributed by atoms with E-state index in [0.29, 0.717) is 10.8 Å². The fourth-order valence-electron chi connectivity index (χ4n) is 1.01. The van der Waals surface area contributed by atoms with E-state index in [-0.39, 0.29) is 6.29 Å². The largest absolute Gasteiger partial charge is 0.393 e. The molecular formula is C8H10FN3O4S. The first kappa shape index (κ1) is 13.6. The maximum absolute atomic E-state index is 13.1. The first-order valence-corrected chi connectivity index (χ1v) is 4.95. The number of rotatable bonds is 5. The third kappa shape index (κ3) is 3.25. The highest BCUT2D eigenvalue weighted by atomic mass is 32.1. The highest BCUT2D eigenvalue weighted by Crippen LogP contribution is 2.11. The zero-order chi connectivity index (χ0) is 13.0. The molecule has 1 rings (SSSR count). The number of halogens is 1. The predicted molar refractivity (Wildman–Crippen MR) is 58.9 cm³/mol. The van der Waals surface area contributed by atoms with Gasteiger partial charge in [0.05, 0.1) is 12.8 Å². The van der Waals surface area contributed by atoms with Crippen LogP contribution in [0, 0.1) is 5.82 Å². The summed E-state index contributed by atoms with van der Waals surface area (Å²) in [7, 11) is 0. The summed E-state index contributed by atoms with van der Waals surface area (Å²) in [4.78, 5) is 25.2. The second kappa shape index (κ2) is 5.75. The molecule has 0 fully saturated rings. The Hall–Kier alpha value is -1.45. The van der Waals surface area contributed by atoms with Gasteiger partial charge < -0.3 is 15.6 Å². The molecule has 1 aromatic heterocycles. The molecule has 0 aliphatic heterocycles. The predicted octanol–water partition coefficient (Wildman–Crippen LogP) is -1.07. The molecule has 2 atom stereocenters. The van der Waals surface area contributed by atoms with Crippen LogP contribution in [0.15, 0.2) is 11.0 Å². The molecule has 9 heteroatoms. The second-order valence-electron chi connectivity index (χ2n) is 2.96. The first-order valence-electron chi connectivity index (χ1n) is 4.43. The number of aldehydes is 1. The number of thiol groups is 1. The van der Waals surface area contributed by atoms with Crippen molar-refractivity contribution in [3.8, 4) is 0 Å². The van der Waals surface area contributed by atoms with Crippen LogP contribution >= 0.6 is 12.6 Å². The number of hydrogen-bond acceptors (Lipinski definition) is 7. The number of aliphatic hydroxyl groups excluding tert-OH is 1. The standard InChI is InChI=1S/C8H10FN3O4S/c9-4-1-12(8(15)11-7(4)10)5(2-13)16-6(17)3-14/h1-2,5-6,14,17H,3H2,(H2,10,11,15)/t5-,6+/m0/s1. The number of carbonyl (C=O) groups excluding carboxylic acids is 1. The van der Waals surface area contributed by atoms with E-state index < -0.39 is 35.6 Å². The molecule has 94 valence electrons. The lowest BCUT2D eigenvalue weighted by molar-refractivity contribution is -0.126. The maximum atomic E-state index is 13.1. The van der Waals surface area contributed by atoms with Gasteiger partial charge in [0.1, 0.15) is 5.44 Å². The summed E-state index contributed by atoms with van der Waals surface area (Å²) in [6.07, 6.45) is -0.487. The summed E-state index contributed by atoms with van der Waals surface area (Å²) in [5.74, 6) is -1.53. The lowest BCUT2D eigenvalue weighted by Crippen LogP contribution is -2.32. The lowest BCUT2D eigenvalue weighted by Gasteiger charge is -2.17. The summed E-state index contributed by atoms with van der Waals surface area (Å²) in [5, 5.41) is 8.68. The van der Waals surface area contributed by atoms with Gasteiger partial charge in [0.15, 0.2) is 24.1 Å². The van der Waals surface area contributed by atoms with Crippen molar-refractivity contribution in [1.82, 2.24) is 9.55 Å². The Labute approximate surface area is 100 Å². The quantitative estimate of drug-likeness (QED) is 0.354. The van der Waals surface area contributed by atoms with Gasteiger partial charge in [0, 0.05) is 0 Å². The van der Waals surface area contributed by atoms with Crippen molar-refractivity contribution >= 4 is 24.7 Å². The van der Waals surface area contributed by atoms with Crippen LogP contribution in [0.4, 0.5) is 10.2 Å². The second-order valence-corrected chi connectivity index (χ2v) is 3.54. The van der Waals surface area contributed by atoms with Gasteiger partial charge >= 0.3 is 5.69 Å². The van der Waals surface area contributed by atoms with Crippen LogP contribution in [-0.2, 0) is 9.53 Å². The number of hydrogen-bond donors (Lipinski definition) is 3. The fourth-order valence-corrected chi connectivity index (χ4v) is 1.13. The monoisotopic (exact) mass is 263 g/mol. The SMILES string of the molecule is Nc1nc(=O)n([C@H](C=O)O[C@H](S)CO)cc1F. The summed E-state index contributed by atoms with van der Waals surface area (Å²) < 4.78 is 18.6. The van der Waals surface area contributed by atoms with Crippen LogP contribution in [0.25, 0.3) is 0 Å². The molecular weight excluding hydrogens is 253 g/mol. The maximum Gasteiger partial charge on any atom is 0.352 e. The minimum Gasteiger partial charge on any atom is -0.393 e. The Balaban J connectivity index is 3.08. The normalized spacial score (nSPS) is 14.3. The van der Waals surface area contributed by atoms with Gasteiger partial charge in [-0.3, -0.25) is 9.36 Å². The van der Waals surface area contributed by atoms with E-state index in [2.05, 4.69) is 17.6 Å². The van der Waals surface area contributed by atoms with Gasteiger partial charge in [0.2, 0.25) is 0 Å². The number of nitrogens with zero attached hydrogens (tertiary/aromatic N) is 2. The summed E-state index contributed by atoms with van der Waals surface area (Å²) in [5.41, 5.74) is 3.14. The fraction of sp³-hybridized carbons (Fsp3) is 0.375. The molecule has 0 saturated carbocycles. The molecule has 0 bridgehead atoms. The Morgan fingerprint density at radius 2 is 2.41 bits per heavy atom. The molecule has 0 amide bonds. The molecule has 7 nitrogen and oxygen atoms in total.